The minimum atomic E-state index is -4.54. The average molecular weight is 395 g/mol. The summed E-state index contributed by atoms with van der Waals surface area (Å²) < 4.78 is 42.4. The molecule has 4 rings (SSSR count). The normalized spacial score (nSPS) is 15.5. The van der Waals surface area contributed by atoms with Crippen LogP contribution < -0.4 is 10.2 Å². The Kier molecular flexibility index (Phi) is 4.74. The molecule has 142 valence electrons. The van der Waals surface area contributed by atoms with E-state index in [1.54, 1.807) is 36.4 Å². The van der Waals surface area contributed by atoms with Crippen molar-refractivity contribution >= 4 is 28.3 Å². The molecule has 8 heteroatoms. The fourth-order valence-electron chi connectivity index (χ4n) is 3.49. The molecule has 1 saturated heterocycles. The number of hydrogen-bond acceptors (Lipinski definition) is 3. The molecule has 0 bridgehead atoms. The average Bonchev–Trinajstić information content (AvgIpc) is 3.01. The van der Waals surface area contributed by atoms with E-state index >= 15 is 0 Å². The van der Waals surface area contributed by atoms with Crippen LogP contribution in [0.15, 0.2) is 42.5 Å². The number of aromatic nitrogens is 2. The Labute approximate surface area is 159 Å². The SMILES string of the molecule is FC(F)(F)c1nc2c(N3CCNCC3)cccc2n1Cc1cccc(Cl)c1. The van der Waals surface area contributed by atoms with E-state index in [9.17, 15) is 13.2 Å². The molecule has 0 spiro atoms. The molecule has 1 aliphatic rings. The third-order valence-electron chi connectivity index (χ3n) is 4.70. The van der Waals surface area contributed by atoms with Crippen molar-refractivity contribution in [3.05, 3.63) is 58.9 Å². The zero-order valence-electron chi connectivity index (χ0n) is 14.4. The van der Waals surface area contributed by atoms with Gasteiger partial charge in [0.1, 0.15) is 5.52 Å². The Morgan fingerprint density at radius 3 is 2.52 bits per heavy atom. The lowest BCUT2D eigenvalue weighted by molar-refractivity contribution is -0.146. The van der Waals surface area contributed by atoms with Crippen LogP contribution in [0.4, 0.5) is 18.9 Å². The van der Waals surface area contributed by atoms with E-state index in [-0.39, 0.29) is 6.54 Å². The number of halogens is 4. The number of anilines is 1. The Hall–Kier alpha value is -2.25. The number of rotatable bonds is 3. The third kappa shape index (κ3) is 3.61. The third-order valence-corrected chi connectivity index (χ3v) is 4.93. The number of benzene rings is 2. The monoisotopic (exact) mass is 394 g/mol. The largest absolute Gasteiger partial charge is 0.449 e. The van der Waals surface area contributed by atoms with Crippen molar-refractivity contribution in [3.8, 4) is 0 Å². The Morgan fingerprint density at radius 1 is 1.07 bits per heavy atom. The van der Waals surface area contributed by atoms with E-state index in [4.69, 9.17) is 11.6 Å². The smallest absolute Gasteiger partial charge is 0.367 e. The standard InChI is InChI=1S/C19H18ClF3N4/c20-14-4-1-3-13(11-14)12-27-16-6-2-5-15(26-9-7-24-8-10-26)17(16)25-18(27)19(21,22)23/h1-6,11,24H,7-10,12H2. The van der Waals surface area contributed by atoms with Crippen LogP contribution in [0.5, 0.6) is 0 Å². The highest BCUT2D eigenvalue weighted by atomic mass is 35.5. The molecule has 0 radical (unpaired) electrons. The first-order valence-electron chi connectivity index (χ1n) is 8.70. The van der Waals surface area contributed by atoms with E-state index in [1.165, 1.54) is 4.57 Å². The maximum atomic E-state index is 13.7. The second-order valence-electron chi connectivity index (χ2n) is 6.53. The highest BCUT2D eigenvalue weighted by Crippen LogP contribution is 2.35. The minimum Gasteiger partial charge on any atom is -0.367 e. The van der Waals surface area contributed by atoms with Crippen molar-refractivity contribution < 1.29 is 13.2 Å². The van der Waals surface area contributed by atoms with E-state index < -0.39 is 12.0 Å². The first-order chi connectivity index (χ1) is 12.9. The number of imidazole rings is 1. The van der Waals surface area contributed by atoms with Crippen molar-refractivity contribution in [1.82, 2.24) is 14.9 Å². The molecule has 27 heavy (non-hydrogen) atoms. The lowest BCUT2D eigenvalue weighted by Gasteiger charge is -2.29. The van der Waals surface area contributed by atoms with E-state index in [1.807, 2.05) is 6.07 Å². The number of piperazine rings is 1. The molecule has 4 nitrogen and oxygen atoms in total. The molecule has 0 unspecified atom stereocenters. The van der Waals surface area contributed by atoms with Gasteiger partial charge in [-0.1, -0.05) is 29.8 Å². The molecule has 1 N–H and O–H groups in total. The predicted octanol–water partition coefficient (Wildman–Crippen LogP) is 4.17. The van der Waals surface area contributed by atoms with Gasteiger partial charge in [-0.3, -0.25) is 0 Å². The summed E-state index contributed by atoms with van der Waals surface area (Å²) >= 11 is 6.00. The Bertz CT molecular complexity index is 961. The maximum Gasteiger partial charge on any atom is 0.449 e. The van der Waals surface area contributed by atoms with Gasteiger partial charge in [0.05, 0.1) is 11.2 Å². The van der Waals surface area contributed by atoms with Crippen molar-refractivity contribution in [3.63, 3.8) is 0 Å². The fourth-order valence-corrected chi connectivity index (χ4v) is 3.70. The topological polar surface area (TPSA) is 33.1 Å². The maximum absolute atomic E-state index is 13.7. The first kappa shape index (κ1) is 18.1. The number of nitrogens with zero attached hydrogens (tertiary/aromatic N) is 3. The number of fused-ring (bicyclic) bond motifs is 1. The van der Waals surface area contributed by atoms with Crippen molar-refractivity contribution in [2.75, 3.05) is 31.1 Å². The lowest BCUT2D eigenvalue weighted by Crippen LogP contribution is -2.43. The summed E-state index contributed by atoms with van der Waals surface area (Å²) in [6.07, 6.45) is -4.54. The molecule has 1 fully saturated rings. The summed E-state index contributed by atoms with van der Waals surface area (Å²) in [6.45, 7) is 3.12. The van der Waals surface area contributed by atoms with Gasteiger partial charge in [0, 0.05) is 37.7 Å². The van der Waals surface area contributed by atoms with Gasteiger partial charge in [0.2, 0.25) is 5.82 Å². The van der Waals surface area contributed by atoms with E-state index in [0.717, 1.165) is 31.9 Å². The summed E-state index contributed by atoms with van der Waals surface area (Å²) in [5.74, 6) is -0.889. The molecule has 0 saturated carbocycles. The molecule has 1 aliphatic heterocycles. The van der Waals surface area contributed by atoms with Gasteiger partial charge in [-0.25, -0.2) is 4.98 Å². The van der Waals surface area contributed by atoms with Crippen LogP contribution in [0, 0.1) is 0 Å². The van der Waals surface area contributed by atoms with Gasteiger partial charge in [-0.05, 0) is 29.8 Å². The van der Waals surface area contributed by atoms with Gasteiger partial charge >= 0.3 is 6.18 Å². The van der Waals surface area contributed by atoms with Crippen molar-refractivity contribution in [2.45, 2.75) is 12.7 Å². The number of para-hydroxylation sites is 1. The van der Waals surface area contributed by atoms with Crippen molar-refractivity contribution in [1.29, 1.82) is 0 Å². The highest BCUT2D eigenvalue weighted by Gasteiger charge is 2.38. The Balaban J connectivity index is 1.85. The summed E-state index contributed by atoms with van der Waals surface area (Å²) in [5.41, 5.74) is 2.29. The van der Waals surface area contributed by atoms with Crippen molar-refractivity contribution in [2.24, 2.45) is 0 Å². The first-order valence-corrected chi connectivity index (χ1v) is 9.08. The zero-order chi connectivity index (χ0) is 19.0. The van der Waals surface area contributed by atoms with Crippen LogP contribution in [0.1, 0.15) is 11.4 Å². The summed E-state index contributed by atoms with van der Waals surface area (Å²) in [7, 11) is 0. The summed E-state index contributed by atoms with van der Waals surface area (Å²) in [4.78, 5) is 6.10. The van der Waals surface area contributed by atoms with Crippen LogP contribution in [-0.4, -0.2) is 35.7 Å². The molecule has 0 atom stereocenters. The molecule has 3 aromatic rings. The second kappa shape index (κ2) is 7.05. The van der Waals surface area contributed by atoms with Gasteiger partial charge in [0.15, 0.2) is 0 Å². The van der Waals surface area contributed by atoms with Crippen LogP contribution >= 0.6 is 11.6 Å². The second-order valence-corrected chi connectivity index (χ2v) is 6.97. The molecule has 2 heterocycles. The fraction of sp³-hybridized carbons (Fsp3) is 0.316. The van der Waals surface area contributed by atoms with Crippen LogP contribution in [-0.2, 0) is 12.7 Å². The Morgan fingerprint density at radius 2 is 1.81 bits per heavy atom. The lowest BCUT2D eigenvalue weighted by atomic mass is 10.2. The minimum absolute atomic E-state index is 0.0525. The molecular formula is C19H18ClF3N4. The summed E-state index contributed by atoms with van der Waals surface area (Å²) in [5, 5.41) is 3.74. The molecule has 1 aromatic heterocycles. The number of nitrogens with one attached hydrogen (secondary N) is 1. The quantitative estimate of drug-likeness (QED) is 0.724. The highest BCUT2D eigenvalue weighted by molar-refractivity contribution is 6.30. The van der Waals surface area contributed by atoms with Gasteiger partial charge < -0.3 is 14.8 Å². The molecule has 2 aromatic carbocycles. The molecular weight excluding hydrogens is 377 g/mol. The van der Waals surface area contributed by atoms with Gasteiger partial charge in [-0.15, -0.1) is 0 Å². The summed E-state index contributed by atoms with van der Waals surface area (Å²) in [6, 6.07) is 12.2. The molecule has 0 aliphatic carbocycles. The van der Waals surface area contributed by atoms with Gasteiger partial charge in [-0.2, -0.15) is 13.2 Å². The molecule has 0 amide bonds. The van der Waals surface area contributed by atoms with E-state index in [2.05, 4.69) is 15.2 Å². The van der Waals surface area contributed by atoms with Crippen LogP contribution in [0.25, 0.3) is 11.0 Å². The van der Waals surface area contributed by atoms with Crippen LogP contribution in [0.3, 0.4) is 0 Å². The number of alkyl halides is 3. The number of hydrogen-bond donors (Lipinski definition) is 1. The van der Waals surface area contributed by atoms with E-state index in [0.29, 0.717) is 21.6 Å². The zero-order valence-corrected chi connectivity index (χ0v) is 15.2. The van der Waals surface area contributed by atoms with Crippen LogP contribution in [0.2, 0.25) is 5.02 Å². The van der Waals surface area contributed by atoms with Gasteiger partial charge in [0.25, 0.3) is 0 Å². The predicted molar refractivity (Wildman–Crippen MR) is 100 cm³/mol.